The lowest BCUT2D eigenvalue weighted by molar-refractivity contribution is -0.121. The Balaban J connectivity index is 1.89. The summed E-state index contributed by atoms with van der Waals surface area (Å²) in [6.07, 6.45) is 1.52. The molecule has 0 aliphatic carbocycles. The van der Waals surface area contributed by atoms with Crippen LogP contribution >= 0.6 is 23.2 Å². The summed E-state index contributed by atoms with van der Waals surface area (Å²) in [6.45, 7) is 0. The van der Waals surface area contributed by atoms with Gasteiger partial charge in [-0.15, -0.1) is 0 Å². The van der Waals surface area contributed by atoms with Gasteiger partial charge in [0, 0.05) is 16.2 Å². The van der Waals surface area contributed by atoms with Crippen molar-refractivity contribution in [3.8, 4) is 0 Å². The molecule has 21 heavy (non-hydrogen) atoms. The third kappa shape index (κ3) is 4.44. The topological polar surface area (TPSA) is 71.1 Å². The molecule has 2 aromatic rings. The Kier molecular flexibility index (Phi) is 5.14. The number of amides is 2. The minimum atomic E-state index is -0.494. The number of hydrogen-bond donors (Lipinski definition) is 2. The van der Waals surface area contributed by atoms with E-state index >= 15 is 0 Å². The lowest BCUT2D eigenvalue weighted by atomic mass is 10.1. The van der Waals surface area contributed by atoms with Gasteiger partial charge >= 0.3 is 0 Å². The Bertz CT molecular complexity index is 663. The second kappa shape index (κ2) is 7.06. The maximum Gasteiger partial charge on any atom is 0.288 e. The van der Waals surface area contributed by atoms with Crippen LogP contribution in [0.3, 0.4) is 0 Å². The van der Waals surface area contributed by atoms with E-state index in [0.29, 0.717) is 15.6 Å². The van der Waals surface area contributed by atoms with Gasteiger partial charge in [-0.05, 0) is 29.8 Å². The number of nitrogens with one attached hydrogen (secondary N) is 2. The molecule has 0 radical (unpaired) electrons. The van der Waals surface area contributed by atoms with Crippen molar-refractivity contribution in [2.45, 2.75) is 6.42 Å². The summed E-state index contributed by atoms with van der Waals surface area (Å²) in [4.78, 5) is 27.3. The molecule has 0 atom stereocenters. The predicted molar refractivity (Wildman–Crippen MR) is 80.0 cm³/mol. The SMILES string of the molecule is O=C(Cc1ccc(Cl)cc1Cl)NNC(=O)c1ccccn1. The van der Waals surface area contributed by atoms with E-state index in [1.54, 1.807) is 30.3 Å². The van der Waals surface area contributed by atoms with Crippen molar-refractivity contribution in [1.82, 2.24) is 15.8 Å². The summed E-state index contributed by atoms with van der Waals surface area (Å²) in [5, 5.41) is 0.890. The summed E-state index contributed by atoms with van der Waals surface area (Å²) in [7, 11) is 0. The quantitative estimate of drug-likeness (QED) is 0.852. The van der Waals surface area contributed by atoms with Crippen molar-refractivity contribution < 1.29 is 9.59 Å². The van der Waals surface area contributed by atoms with Crippen molar-refractivity contribution >= 4 is 35.0 Å². The first kappa shape index (κ1) is 15.3. The van der Waals surface area contributed by atoms with Crippen LogP contribution in [0.2, 0.25) is 10.0 Å². The molecule has 0 fully saturated rings. The van der Waals surface area contributed by atoms with E-state index in [1.165, 1.54) is 12.3 Å². The second-order valence-corrected chi connectivity index (χ2v) is 4.97. The largest absolute Gasteiger partial charge is 0.288 e. The van der Waals surface area contributed by atoms with Crippen molar-refractivity contribution in [3.63, 3.8) is 0 Å². The molecule has 0 saturated heterocycles. The van der Waals surface area contributed by atoms with Gasteiger partial charge < -0.3 is 0 Å². The van der Waals surface area contributed by atoms with Crippen LogP contribution in [0.4, 0.5) is 0 Å². The Labute approximate surface area is 131 Å². The average molecular weight is 324 g/mol. The van der Waals surface area contributed by atoms with Crippen LogP contribution < -0.4 is 10.9 Å². The number of rotatable bonds is 3. The van der Waals surface area contributed by atoms with Crippen LogP contribution in [0.25, 0.3) is 0 Å². The van der Waals surface area contributed by atoms with E-state index in [1.807, 2.05) is 0 Å². The minimum absolute atomic E-state index is 0.0263. The number of carbonyl (C=O) groups excluding carboxylic acids is 2. The van der Waals surface area contributed by atoms with Crippen molar-refractivity contribution in [2.75, 3.05) is 0 Å². The van der Waals surface area contributed by atoms with E-state index in [-0.39, 0.29) is 12.1 Å². The van der Waals surface area contributed by atoms with Crippen LogP contribution in [-0.4, -0.2) is 16.8 Å². The van der Waals surface area contributed by atoms with Gasteiger partial charge in [0.15, 0.2) is 0 Å². The first-order valence-corrected chi connectivity index (χ1v) is 6.76. The highest BCUT2D eigenvalue weighted by Crippen LogP contribution is 2.21. The fraction of sp³-hybridized carbons (Fsp3) is 0.0714. The van der Waals surface area contributed by atoms with E-state index in [9.17, 15) is 9.59 Å². The van der Waals surface area contributed by atoms with Gasteiger partial charge in [0.2, 0.25) is 5.91 Å². The van der Waals surface area contributed by atoms with Crippen LogP contribution in [0.15, 0.2) is 42.6 Å². The summed E-state index contributed by atoms with van der Waals surface area (Å²) < 4.78 is 0. The lowest BCUT2D eigenvalue weighted by Crippen LogP contribution is -2.42. The molecule has 2 rings (SSSR count). The number of pyridine rings is 1. The molecule has 0 unspecified atom stereocenters. The average Bonchev–Trinajstić information content (AvgIpc) is 2.48. The maximum absolute atomic E-state index is 11.7. The van der Waals surface area contributed by atoms with E-state index in [2.05, 4.69) is 15.8 Å². The van der Waals surface area contributed by atoms with Gasteiger partial charge in [-0.2, -0.15) is 0 Å². The van der Waals surface area contributed by atoms with E-state index < -0.39 is 11.8 Å². The molecular weight excluding hydrogens is 313 g/mol. The monoisotopic (exact) mass is 323 g/mol. The van der Waals surface area contributed by atoms with Gasteiger partial charge in [-0.25, -0.2) is 0 Å². The van der Waals surface area contributed by atoms with E-state index in [4.69, 9.17) is 23.2 Å². The summed E-state index contributed by atoms with van der Waals surface area (Å²) in [5.41, 5.74) is 5.41. The molecule has 1 aromatic heterocycles. The zero-order valence-corrected chi connectivity index (χ0v) is 12.3. The first-order valence-electron chi connectivity index (χ1n) is 6.00. The van der Waals surface area contributed by atoms with Crippen LogP contribution in [0.5, 0.6) is 0 Å². The highest BCUT2D eigenvalue weighted by molar-refractivity contribution is 6.35. The molecule has 2 N–H and O–H groups in total. The number of halogens is 2. The predicted octanol–water partition coefficient (Wildman–Crippen LogP) is 2.39. The maximum atomic E-state index is 11.7. The number of nitrogens with zero attached hydrogens (tertiary/aromatic N) is 1. The standard InChI is InChI=1S/C14H11Cl2N3O2/c15-10-5-4-9(11(16)8-10)7-13(20)18-19-14(21)12-3-1-2-6-17-12/h1-6,8H,7H2,(H,18,20)(H,19,21). The number of benzene rings is 1. The molecule has 108 valence electrons. The second-order valence-electron chi connectivity index (χ2n) is 4.13. The molecule has 1 aromatic carbocycles. The first-order chi connectivity index (χ1) is 10.1. The van der Waals surface area contributed by atoms with Crippen LogP contribution in [-0.2, 0) is 11.2 Å². The molecule has 1 heterocycles. The summed E-state index contributed by atoms with van der Waals surface area (Å²) >= 11 is 11.7. The van der Waals surface area contributed by atoms with Gasteiger partial charge in [0.1, 0.15) is 5.69 Å². The minimum Gasteiger partial charge on any atom is -0.273 e. The van der Waals surface area contributed by atoms with Crippen LogP contribution in [0, 0.1) is 0 Å². The summed E-state index contributed by atoms with van der Waals surface area (Å²) in [5.74, 6) is -0.894. The zero-order chi connectivity index (χ0) is 15.2. The van der Waals surface area contributed by atoms with E-state index in [0.717, 1.165) is 0 Å². The number of carbonyl (C=O) groups is 2. The Hall–Kier alpha value is -2.11. The Morgan fingerprint density at radius 1 is 1.10 bits per heavy atom. The normalized spacial score (nSPS) is 10.0. The van der Waals surface area contributed by atoms with Gasteiger partial charge in [-0.3, -0.25) is 25.4 Å². The van der Waals surface area contributed by atoms with Gasteiger partial charge in [0.25, 0.3) is 5.91 Å². The molecular formula is C14H11Cl2N3O2. The summed E-state index contributed by atoms with van der Waals surface area (Å²) in [6, 6.07) is 9.76. The zero-order valence-electron chi connectivity index (χ0n) is 10.8. The molecule has 2 amide bonds. The molecule has 0 spiro atoms. The fourth-order valence-electron chi connectivity index (χ4n) is 1.57. The molecule has 7 heteroatoms. The third-order valence-corrected chi connectivity index (χ3v) is 3.17. The molecule has 0 aliphatic heterocycles. The van der Waals surface area contributed by atoms with Crippen molar-refractivity contribution in [3.05, 3.63) is 63.9 Å². The number of hydrogen-bond acceptors (Lipinski definition) is 3. The Morgan fingerprint density at radius 3 is 2.57 bits per heavy atom. The number of aromatic nitrogens is 1. The van der Waals surface area contributed by atoms with Crippen molar-refractivity contribution in [2.24, 2.45) is 0 Å². The lowest BCUT2D eigenvalue weighted by Gasteiger charge is -2.08. The van der Waals surface area contributed by atoms with Crippen molar-refractivity contribution in [1.29, 1.82) is 0 Å². The molecule has 0 aliphatic rings. The molecule has 5 nitrogen and oxygen atoms in total. The number of hydrazine groups is 1. The highest BCUT2D eigenvalue weighted by Gasteiger charge is 2.10. The highest BCUT2D eigenvalue weighted by atomic mass is 35.5. The molecule has 0 bridgehead atoms. The fourth-order valence-corrected chi connectivity index (χ4v) is 2.05. The van der Waals surface area contributed by atoms with Gasteiger partial charge in [0.05, 0.1) is 6.42 Å². The Morgan fingerprint density at radius 2 is 1.90 bits per heavy atom. The van der Waals surface area contributed by atoms with Crippen LogP contribution in [0.1, 0.15) is 16.1 Å². The third-order valence-electron chi connectivity index (χ3n) is 2.58. The van der Waals surface area contributed by atoms with Gasteiger partial charge in [-0.1, -0.05) is 35.3 Å². The smallest absolute Gasteiger partial charge is 0.273 e. The molecule has 0 saturated carbocycles.